The van der Waals surface area contributed by atoms with Gasteiger partial charge in [0.05, 0.1) is 18.6 Å². The van der Waals surface area contributed by atoms with E-state index in [1.165, 1.54) is 19.4 Å². The number of nitrogens with zero attached hydrogens (tertiary/aromatic N) is 1. The van der Waals surface area contributed by atoms with Crippen molar-refractivity contribution in [2.45, 2.75) is 39.8 Å². The standard InChI is InChI=1S/C13H12F3NO2.C7H7F.C2H6/c1-19-12(18)9-3-2-8(4-9)10-5-11(7-17-6-10)13(14,15)16;1-6-4-2-3-5-7(6)8;1-2/h4-7,9H,2-3H2,1H3;2-5H,1H3;1-2H3. The Kier molecular flexibility index (Phi) is 9.51. The van der Waals surface area contributed by atoms with Crippen LogP contribution in [0.15, 0.2) is 48.8 Å². The second-order valence-electron chi connectivity index (χ2n) is 6.07. The number of hydrogen-bond donors (Lipinski definition) is 0. The van der Waals surface area contributed by atoms with Gasteiger partial charge in [0.25, 0.3) is 0 Å². The fourth-order valence-corrected chi connectivity index (χ4v) is 2.62. The van der Waals surface area contributed by atoms with Gasteiger partial charge in [-0.15, -0.1) is 0 Å². The molecule has 0 radical (unpaired) electrons. The van der Waals surface area contributed by atoms with Gasteiger partial charge in [0.15, 0.2) is 0 Å². The van der Waals surface area contributed by atoms with Crippen molar-refractivity contribution < 1.29 is 27.1 Å². The maximum atomic E-state index is 12.6. The SMILES string of the molecule is CC.COC(=O)C1C=C(c2cncc(C(F)(F)F)c2)CC1.Cc1ccccc1F. The van der Waals surface area contributed by atoms with Gasteiger partial charge in [0.1, 0.15) is 5.82 Å². The van der Waals surface area contributed by atoms with Gasteiger partial charge in [-0.3, -0.25) is 9.78 Å². The molecule has 1 atom stereocenters. The molecule has 0 saturated carbocycles. The summed E-state index contributed by atoms with van der Waals surface area (Å²) >= 11 is 0. The Morgan fingerprint density at radius 3 is 2.34 bits per heavy atom. The highest BCUT2D eigenvalue weighted by Crippen LogP contribution is 2.35. The van der Waals surface area contributed by atoms with Crippen LogP contribution in [0.3, 0.4) is 0 Å². The highest BCUT2D eigenvalue weighted by Gasteiger charge is 2.32. The van der Waals surface area contributed by atoms with Crippen molar-refractivity contribution in [3.63, 3.8) is 0 Å². The Labute approximate surface area is 168 Å². The number of halogens is 4. The van der Waals surface area contributed by atoms with Crippen LogP contribution in [-0.2, 0) is 15.7 Å². The van der Waals surface area contributed by atoms with Gasteiger partial charge in [-0.25, -0.2) is 4.39 Å². The number of benzene rings is 1. The lowest BCUT2D eigenvalue weighted by Gasteiger charge is -2.08. The van der Waals surface area contributed by atoms with Crippen LogP contribution in [0, 0.1) is 18.7 Å². The highest BCUT2D eigenvalue weighted by molar-refractivity contribution is 5.80. The van der Waals surface area contributed by atoms with E-state index in [1.54, 1.807) is 25.1 Å². The summed E-state index contributed by atoms with van der Waals surface area (Å²) in [6.07, 6.45) is 0.505. The van der Waals surface area contributed by atoms with Crippen LogP contribution in [0.25, 0.3) is 5.57 Å². The number of aromatic nitrogens is 1. The summed E-state index contributed by atoms with van der Waals surface area (Å²) in [5, 5.41) is 0. The first-order chi connectivity index (χ1) is 13.7. The predicted molar refractivity (Wildman–Crippen MR) is 104 cm³/mol. The Morgan fingerprint density at radius 1 is 1.17 bits per heavy atom. The Morgan fingerprint density at radius 2 is 1.83 bits per heavy atom. The molecule has 0 saturated heterocycles. The molecule has 0 bridgehead atoms. The monoisotopic (exact) mass is 411 g/mol. The van der Waals surface area contributed by atoms with E-state index in [1.807, 2.05) is 19.9 Å². The number of alkyl halides is 3. The largest absolute Gasteiger partial charge is 0.469 e. The molecule has 3 nitrogen and oxygen atoms in total. The van der Waals surface area contributed by atoms with Crippen molar-refractivity contribution in [3.8, 4) is 0 Å². The number of pyridine rings is 1. The third-order valence-electron chi connectivity index (χ3n) is 4.14. The van der Waals surface area contributed by atoms with Crippen molar-refractivity contribution in [3.05, 3.63) is 71.3 Å². The molecule has 1 aliphatic rings. The zero-order chi connectivity index (χ0) is 22.0. The number of aryl methyl sites for hydroxylation is 1. The van der Waals surface area contributed by atoms with Crippen molar-refractivity contribution in [1.82, 2.24) is 4.98 Å². The van der Waals surface area contributed by atoms with Crippen molar-refractivity contribution >= 4 is 11.5 Å². The zero-order valence-corrected chi connectivity index (χ0v) is 16.9. The van der Waals surface area contributed by atoms with E-state index in [4.69, 9.17) is 0 Å². The molecule has 0 fully saturated rings. The molecule has 2 aromatic rings. The minimum absolute atomic E-state index is 0.132. The van der Waals surface area contributed by atoms with Crippen molar-refractivity contribution in [1.29, 1.82) is 0 Å². The Balaban J connectivity index is 0.000000351. The van der Waals surface area contributed by atoms with Crippen LogP contribution in [-0.4, -0.2) is 18.1 Å². The van der Waals surface area contributed by atoms with E-state index in [0.29, 0.717) is 29.5 Å². The normalized spacial score (nSPS) is 15.3. The molecule has 0 aliphatic heterocycles. The number of ether oxygens (including phenoxy) is 1. The first kappa shape index (κ1) is 24.3. The number of carbonyl (C=O) groups excluding carboxylic acids is 1. The van der Waals surface area contributed by atoms with E-state index >= 15 is 0 Å². The van der Waals surface area contributed by atoms with Gasteiger partial charge in [0.2, 0.25) is 0 Å². The van der Waals surface area contributed by atoms with E-state index in [0.717, 1.165) is 12.3 Å². The fraction of sp³-hybridized carbons (Fsp3) is 0.364. The summed E-state index contributed by atoms with van der Waals surface area (Å²) in [5.41, 5.74) is 1.02. The van der Waals surface area contributed by atoms with Crippen LogP contribution in [0.1, 0.15) is 43.4 Å². The predicted octanol–water partition coefficient (Wildman–Crippen LogP) is 6.23. The van der Waals surface area contributed by atoms with Crippen molar-refractivity contribution in [2.75, 3.05) is 7.11 Å². The molecule has 0 N–H and O–H groups in total. The van der Waals surface area contributed by atoms with E-state index < -0.39 is 11.7 Å². The molecular formula is C22H25F4NO2. The lowest BCUT2D eigenvalue weighted by atomic mass is 10.1. The summed E-state index contributed by atoms with van der Waals surface area (Å²) in [6.45, 7) is 5.75. The van der Waals surface area contributed by atoms with Crippen LogP contribution in [0.2, 0.25) is 0 Å². The molecule has 29 heavy (non-hydrogen) atoms. The third-order valence-corrected chi connectivity index (χ3v) is 4.14. The molecule has 1 aromatic carbocycles. The highest BCUT2D eigenvalue weighted by atomic mass is 19.4. The van der Waals surface area contributed by atoms with Gasteiger partial charge >= 0.3 is 12.1 Å². The summed E-state index contributed by atoms with van der Waals surface area (Å²) in [5.74, 6) is -0.878. The molecule has 158 valence electrons. The van der Waals surface area contributed by atoms with Crippen LogP contribution in [0.5, 0.6) is 0 Å². The average Bonchev–Trinajstić information content (AvgIpc) is 3.21. The Bertz CT molecular complexity index is 811. The van der Waals surface area contributed by atoms with Crippen LogP contribution < -0.4 is 0 Å². The second-order valence-corrected chi connectivity index (χ2v) is 6.07. The molecule has 0 spiro atoms. The maximum absolute atomic E-state index is 12.6. The third kappa shape index (κ3) is 7.33. The van der Waals surface area contributed by atoms with Crippen LogP contribution >= 0.6 is 0 Å². The molecule has 0 amide bonds. The molecular weight excluding hydrogens is 386 g/mol. The molecule has 1 aromatic heterocycles. The lowest BCUT2D eigenvalue weighted by Crippen LogP contribution is -2.10. The second kappa shape index (κ2) is 11.3. The number of carbonyl (C=O) groups is 1. The Hall–Kier alpha value is -2.70. The molecule has 7 heteroatoms. The van der Waals surface area contributed by atoms with Crippen molar-refractivity contribution in [2.24, 2.45) is 5.92 Å². The maximum Gasteiger partial charge on any atom is 0.417 e. The van der Waals surface area contributed by atoms with E-state index in [2.05, 4.69) is 9.72 Å². The minimum Gasteiger partial charge on any atom is -0.469 e. The topological polar surface area (TPSA) is 39.2 Å². The fourth-order valence-electron chi connectivity index (χ4n) is 2.62. The number of methoxy groups -OCH3 is 1. The van der Waals surface area contributed by atoms with E-state index in [-0.39, 0.29) is 17.7 Å². The molecule has 1 heterocycles. The van der Waals surface area contributed by atoms with Crippen LogP contribution in [0.4, 0.5) is 17.6 Å². The zero-order valence-electron chi connectivity index (χ0n) is 16.9. The first-order valence-electron chi connectivity index (χ1n) is 9.24. The van der Waals surface area contributed by atoms with Gasteiger partial charge < -0.3 is 4.74 Å². The summed E-state index contributed by atoms with van der Waals surface area (Å²) in [7, 11) is 1.29. The van der Waals surface area contributed by atoms with Gasteiger partial charge in [-0.05, 0) is 48.6 Å². The smallest absolute Gasteiger partial charge is 0.417 e. The molecule has 1 unspecified atom stereocenters. The minimum atomic E-state index is -4.41. The van der Waals surface area contributed by atoms with Gasteiger partial charge in [0, 0.05) is 12.4 Å². The number of hydrogen-bond acceptors (Lipinski definition) is 3. The molecule has 3 rings (SSSR count). The summed E-state index contributed by atoms with van der Waals surface area (Å²) in [4.78, 5) is 15.0. The number of allylic oxidation sites excluding steroid dienone is 1. The number of rotatable bonds is 2. The summed E-state index contributed by atoms with van der Waals surface area (Å²) < 4.78 is 54.7. The quantitative estimate of drug-likeness (QED) is 0.435. The number of esters is 1. The van der Waals surface area contributed by atoms with E-state index in [9.17, 15) is 22.4 Å². The lowest BCUT2D eigenvalue weighted by molar-refractivity contribution is -0.143. The summed E-state index contributed by atoms with van der Waals surface area (Å²) in [6, 6.07) is 7.75. The molecule has 1 aliphatic carbocycles. The van der Waals surface area contributed by atoms with Gasteiger partial charge in [-0.2, -0.15) is 13.2 Å². The first-order valence-corrected chi connectivity index (χ1v) is 9.24. The van der Waals surface area contributed by atoms with Gasteiger partial charge in [-0.1, -0.05) is 38.1 Å². The average molecular weight is 411 g/mol.